The molecule has 22 heavy (non-hydrogen) atoms. The van der Waals surface area contributed by atoms with Crippen LogP contribution in [0.1, 0.15) is 5.56 Å². The Hall–Kier alpha value is -3.08. The number of hydrogen-bond acceptors (Lipinski definition) is 5. The third-order valence-electron chi connectivity index (χ3n) is 3.34. The van der Waals surface area contributed by atoms with Crippen molar-refractivity contribution < 1.29 is 15.3 Å². The summed E-state index contributed by atoms with van der Waals surface area (Å²) in [6.45, 7) is 1.75. The minimum atomic E-state index is -0.166. The van der Waals surface area contributed by atoms with Crippen LogP contribution in [0.5, 0.6) is 17.2 Å². The molecule has 110 valence electrons. The van der Waals surface area contributed by atoms with Gasteiger partial charge in [-0.3, -0.25) is 0 Å². The largest absolute Gasteiger partial charge is 0.506 e. The van der Waals surface area contributed by atoms with Crippen LogP contribution >= 0.6 is 0 Å². The van der Waals surface area contributed by atoms with E-state index in [-0.39, 0.29) is 28.6 Å². The molecule has 0 atom stereocenters. The number of phenols is 3. The molecule has 5 nitrogen and oxygen atoms in total. The molecule has 0 heterocycles. The molecular formula is C17H14N2O3. The number of phenolic OH excluding ortho intramolecular Hbond substituents is 3. The van der Waals surface area contributed by atoms with E-state index in [2.05, 4.69) is 10.2 Å². The Morgan fingerprint density at radius 3 is 2.09 bits per heavy atom. The molecule has 0 radical (unpaired) electrons. The summed E-state index contributed by atoms with van der Waals surface area (Å²) < 4.78 is 0. The Morgan fingerprint density at radius 1 is 0.727 bits per heavy atom. The molecule has 0 saturated heterocycles. The second kappa shape index (κ2) is 5.37. The van der Waals surface area contributed by atoms with Crippen molar-refractivity contribution in [3.63, 3.8) is 0 Å². The van der Waals surface area contributed by atoms with Gasteiger partial charge in [0.15, 0.2) is 5.69 Å². The van der Waals surface area contributed by atoms with E-state index >= 15 is 0 Å². The van der Waals surface area contributed by atoms with Crippen molar-refractivity contribution in [2.45, 2.75) is 6.92 Å². The van der Waals surface area contributed by atoms with Crippen molar-refractivity contribution in [1.82, 2.24) is 0 Å². The van der Waals surface area contributed by atoms with Gasteiger partial charge in [-0.15, -0.1) is 10.2 Å². The molecule has 0 fully saturated rings. The number of aromatic hydroxyl groups is 3. The molecule has 0 aliphatic rings. The first-order valence-corrected chi connectivity index (χ1v) is 6.71. The highest BCUT2D eigenvalue weighted by atomic mass is 16.3. The van der Waals surface area contributed by atoms with Crippen LogP contribution in [0.4, 0.5) is 11.4 Å². The number of rotatable bonds is 2. The molecule has 3 aromatic carbocycles. The van der Waals surface area contributed by atoms with Crippen molar-refractivity contribution in [2.75, 3.05) is 0 Å². The number of azo groups is 1. The van der Waals surface area contributed by atoms with E-state index in [1.807, 2.05) is 24.3 Å². The Bertz CT molecular complexity index is 865. The van der Waals surface area contributed by atoms with Crippen LogP contribution < -0.4 is 0 Å². The van der Waals surface area contributed by atoms with Crippen LogP contribution in [-0.4, -0.2) is 15.3 Å². The highest BCUT2D eigenvalue weighted by molar-refractivity contribution is 5.95. The van der Waals surface area contributed by atoms with Gasteiger partial charge in [0.05, 0.1) is 0 Å². The van der Waals surface area contributed by atoms with E-state index in [4.69, 9.17) is 0 Å². The maximum absolute atomic E-state index is 9.99. The van der Waals surface area contributed by atoms with Crippen LogP contribution in [0.15, 0.2) is 58.8 Å². The lowest BCUT2D eigenvalue weighted by Gasteiger charge is -2.05. The molecule has 0 amide bonds. The number of benzene rings is 3. The van der Waals surface area contributed by atoms with Gasteiger partial charge in [0.1, 0.15) is 22.9 Å². The predicted molar refractivity (Wildman–Crippen MR) is 84.3 cm³/mol. The summed E-state index contributed by atoms with van der Waals surface area (Å²) in [5.74, 6) is -0.351. The summed E-state index contributed by atoms with van der Waals surface area (Å²) in [7, 11) is 0. The minimum Gasteiger partial charge on any atom is -0.506 e. The van der Waals surface area contributed by atoms with Crippen molar-refractivity contribution in [1.29, 1.82) is 0 Å². The fourth-order valence-corrected chi connectivity index (χ4v) is 2.29. The second-order valence-electron chi connectivity index (χ2n) is 5.01. The molecule has 0 aliphatic carbocycles. The zero-order valence-electron chi connectivity index (χ0n) is 11.9. The van der Waals surface area contributed by atoms with E-state index in [1.165, 1.54) is 18.2 Å². The third kappa shape index (κ3) is 2.44. The van der Waals surface area contributed by atoms with Gasteiger partial charge in [-0.25, -0.2) is 0 Å². The normalized spacial score (nSPS) is 11.3. The Balaban J connectivity index is 2.13. The van der Waals surface area contributed by atoms with Crippen LogP contribution in [0, 0.1) is 6.92 Å². The molecule has 0 bridgehead atoms. The lowest BCUT2D eigenvalue weighted by atomic mass is 10.1. The number of hydrogen-bond donors (Lipinski definition) is 3. The quantitative estimate of drug-likeness (QED) is 0.600. The maximum atomic E-state index is 9.99. The molecule has 5 heteroatoms. The van der Waals surface area contributed by atoms with Crippen molar-refractivity contribution >= 4 is 22.1 Å². The van der Waals surface area contributed by atoms with Crippen LogP contribution in [0.2, 0.25) is 0 Å². The number of fused-ring (bicyclic) bond motifs is 1. The Morgan fingerprint density at radius 2 is 1.36 bits per heavy atom. The summed E-state index contributed by atoms with van der Waals surface area (Å²) in [5.41, 5.74) is 0.970. The summed E-state index contributed by atoms with van der Waals surface area (Å²) in [6.07, 6.45) is 0. The highest BCUT2D eigenvalue weighted by Crippen LogP contribution is 2.40. The molecule has 3 rings (SSSR count). The molecule has 3 aromatic rings. The van der Waals surface area contributed by atoms with Crippen molar-refractivity contribution in [2.24, 2.45) is 10.2 Å². The first kappa shape index (κ1) is 13.9. The van der Waals surface area contributed by atoms with Gasteiger partial charge in [-0.2, -0.15) is 0 Å². The lowest BCUT2D eigenvalue weighted by Crippen LogP contribution is -1.77. The molecule has 0 unspecified atom stereocenters. The third-order valence-corrected chi connectivity index (χ3v) is 3.34. The first-order valence-electron chi connectivity index (χ1n) is 6.71. The van der Waals surface area contributed by atoms with E-state index < -0.39 is 0 Å². The molecule has 0 spiro atoms. The van der Waals surface area contributed by atoms with Gasteiger partial charge in [0, 0.05) is 5.39 Å². The van der Waals surface area contributed by atoms with Crippen LogP contribution in [0.3, 0.4) is 0 Å². The summed E-state index contributed by atoms with van der Waals surface area (Å²) in [5, 5.41) is 39.2. The summed E-state index contributed by atoms with van der Waals surface area (Å²) >= 11 is 0. The zero-order chi connectivity index (χ0) is 15.7. The molecule has 0 aliphatic heterocycles. The van der Waals surface area contributed by atoms with Crippen LogP contribution in [0.25, 0.3) is 10.8 Å². The fraction of sp³-hybridized carbons (Fsp3) is 0.0588. The number of nitrogens with zero attached hydrogens (tertiary/aromatic N) is 2. The molecule has 0 saturated carbocycles. The Labute approximate surface area is 126 Å². The highest BCUT2D eigenvalue weighted by Gasteiger charge is 2.10. The lowest BCUT2D eigenvalue weighted by molar-refractivity contribution is 0.451. The minimum absolute atomic E-state index is 0.0199. The van der Waals surface area contributed by atoms with E-state index in [1.54, 1.807) is 13.0 Å². The molecule has 3 N–H and O–H groups in total. The predicted octanol–water partition coefficient (Wildman–Crippen LogP) is 4.68. The number of aryl methyl sites for hydroxylation is 1. The van der Waals surface area contributed by atoms with Gasteiger partial charge in [-0.05, 0) is 36.1 Å². The smallest absolute Gasteiger partial charge is 0.169 e. The Kier molecular flexibility index (Phi) is 3.39. The molecule has 0 aromatic heterocycles. The van der Waals surface area contributed by atoms with Gasteiger partial charge in [0.2, 0.25) is 0 Å². The van der Waals surface area contributed by atoms with Gasteiger partial charge in [-0.1, -0.05) is 30.3 Å². The molecular weight excluding hydrogens is 280 g/mol. The van der Waals surface area contributed by atoms with Gasteiger partial charge < -0.3 is 15.3 Å². The topological polar surface area (TPSA) is 85.4 Å². The average Bonchev–Trinajstić information content (AvgIpc) is 2.48. The summed E-state index contributed by atoms with van der Waals surface area (Å²) in [4.78, 5) is 0. The standard InChI is InChI=1S/C17H14N2O3/c1-10-8-14(21)17(15(22)9-10)19-18-16-12-5-3-2-4-11(12)6-7-13(16)20/h2-9,20-22H,1H3. The van der Waals surface area contributed by atoms with E-state index in [9.17, 15) is 15.3 Å². The average molecular weight is 294 g/mol. The van der Waals surface area contributed by atoms with E-state index in [0.29, 0.717) is 5.56 Å². The van der Waals surface area contributed by atoms with Gasteiger partial charge in [0.25, 0.3) is 0 Å². The van der Waals surface area contributed by atoms with Crippen LogP contribution in [-0.2, 0) is 0 Å². The maximum Gasteiger partial charge on any atom is 0.169 e. The monoisotopic (exact) mass is 294 g/mol. The van der Waals surface area contributed by atoms with Crippen molar-refractivity contribution in [3.8, 4) is 17.2 Å². The van der Waals surface area contributed by atoms with Crippen molar-refractivity contribution in [3.05, 3.63) is 54.1 Å². The SMILES string of the molecule is Cc1cc(O)c(N=Nc2c(O)ccc3ccccc23)c(O)c1. The first-order chi connectivity index (χ1) is 10.6. The zero-order valence-corrected chi connectivity index (χ0v) is 11.9. The summed E-state index contributed by atoms with van der Waals surface area (Å²) in [6, 6.07) is 13.7. The second-order valence-corrected chi connectivity index (χ2v) is 5.01. The van der Waals surface area contributed by atoms with E-state index in [0.717, 1.165) is 10.8 Å². The van der Waals surface area contributed by atoms with Gasteiger partial charge >= 0.3 is 0 Å². The fourth-order valence-electron chi connectivity index (χ4n) is 2.29.